The number of phenolic OH excluding ortho intramolecular Hbond substituents is 1. The first-order valence-electron chi connectivity index (χ1n) is 9.53. The Bertz CT molecular complexity index is 935. The van der Waals surface area contributed by atoms with Gasteiger partial charge in [-0.05, 0) is 42.5 Å². The van der Waals surface area contributed by atoms with Gasteiger partial charge in [0.1, 0.15) is 22.9 Å². The third-order valence-electron chi connectivity index (χ3n) is 5.87. The molecular formula is C22H23FO6. The standard InChI is InChI=1S/C22H23FO6/c1-13(6-14-8-19(25)20(26-2)9-17(14)23)22-11-15(7-16-4-3-5-27-16)18(24)10-21(22)28-12-29-22/h3-5,8-10,13,15,25H,6-7,11-12H2,1-2H3/t13?,15-,22+/m0/s1. The summed E-state index contributed by atoms with van der Waals surface area (Å²) in [6.45, 7) is 1.98. The molecule has 3 atom stereocenters. The summed E-state index contributed by atoms with van der Waals surface area (Å²) in [5.74, 6) is 0.164. The lowest BCUT2D eigenvalue weighted by atomic mass is 9.71. The van der Waals surface area contributed by atoms with Crippen molar-refractivity contribution < 1.29 is 32.9 Å². The summed E-state index contributed by atoms with van der Waals surface area (Å²) in [5, 5.41) is 10.0. The third-order valence-corrected chi connectivity index (χ3v) is 5.87. The van der Waals surface area contributed by atoms with Crippen LogP contribution in [0.2, 0.25) is 0 Å². The molecule has 4 rings (SSSR count). The summed E-state index contributed by atoms with van der Waals surface area (Å²) in [7, 11) is 1.37. The van der Waals surface area contributed by atoms with Crippen LogP contribution in [0.1, 0.15) is 24.7 Å². The first kappa shape index (κ1) is 19.5. The maximum atomic E-state index is 14.5. The molecule has 0 amide bonds. The molecule has 0 bridgehead atoms. The zero-order valence-electron chi connectivity index (χ0n) is 16.3. The summed E-state index contributed by atoms with van der Waals surface area (Å²) in [6, 6.07) is 6.16. The van der Waals surface area contributed by atoms with Crippen molar-refractivity contribution in [3.05, 3.63) is 59.5 Å². The number of ketones is 1. The molecule has 1 unspecified atom stereocenters. The quantitative estimate of drug-likeness (QED) is 0.793. The summed E-state index contributed by atoms with van der Waals surface area (Å²) in [4.78, 5) is 12.6. The van der Waals surface area contributed by atoms with Gasteiger partial charge in [0, 0.05) is 24.5 Å². The van der Waals surface area contributed by atoms with Crippen molar-refractivity contribution in [1.82, 2.24) is 0 Å². The molecule has 0 spiro atoms. The van der Waals surface area contributed by atoms with Crippen LogP contribution in [0.15, 0.2) is 46.8 Å². The zero-order chi connectivity index (χ0) is 20.6. The number of phenols is 1. The first-order valence-corrected chi connectivity index (χ1v) is 9.53. The van der Waals surface area contributed by atoms with Gasteiger partial charge in [-0.25, -0.2) is 4.39 Å². The molecule has 1 N–H and O–H groups in total. The second-order valence-electron chi connectivity index (χ2n) is 7.61. The summed E-state index contributed by atoms with van der Waals surface area (Å²) in [6.07, 6.45) is 4.26. The lowest BCUT2D eigenvalue weighted by Crippen LogP contribution is -2.45. The number of fused-ring (bicyclic) bond motifs is 1. The van der Waals surface area contributed by atoms with Gasteiger partial charge in [0.2, 0.25) is 0 Å². The maximum absolute atomic E-state index is 14.5. The Hall–Kier alpha value is -2.80. The van der Waals surface area contributed by atoms with Crippen LogP contribution in [-0.2, 0) is 27.1 Å². The topological polar surface area (TPSA) is 78.1 Å². The average molecular weight is 402 g/mol. The van der Waals surface area contributed by atoms with E-state index in [0.717, 1.165) is 5.76 Å². The molecule has 1 aromatic heterocycles. The molecule has 7 heteroatoms. The van der Waals surface area contributed by atoms with E-state index >= 15 is 0 Å². The molecule has 2 aromatic rings. The van der Waals surface area contributed by atoms with Crippen LogP contribution < -0.4 is 4.74 Å². The Balaban J connectivity index is 1.60. The van der Waals surface area contributed by atoms with Crippen LogP contribution in [0.25, 0.3) is 0 Å². The highest BCUT2D eigenvalue weighted by molar-refractivity contribution is 5.93. The Labute approximate surface area is 167 Å². The molecule has 0 radical (unpaired) electrons. The third kappa shape index (κ3) is 3.51. The van der Waals surface area contributed by atoms with Crippen LogP contribution in [0.4, 0.5) is 4.39 Å². The van der Waals surface area contributed by atoms with E-state index < -0.39 is 11.4 Å². The van der Waals surface area contributed by atoms with Gasteiger partial charge in [-0.15, -0.1) is 0 Å². The highest BCUT2D eigenvalue weighted by atomic mass is 19.1. The molecule has 2 aliphatic rings. The number of furan rings is 1. The lowest BCUT2D eigenvalue weighted by Gasteiger charge is -2.38. The Morgan fingerprint density at radius 2 is 2.24 bits per heavy atom. The van der Waals surface area contributed by atoms with E-state index in [9.17, 15) is 14.3 Å². The predicted octanol–water partition coefficient (Wildman–Crippen LogP) is 3.77. The van der Waals surface area contributed by atoms with E-state index in [1.54, 1.807) is 12.3 Å². The maximum Gasteiger partial charge on any atom is 0.189 e. The fourth-order valence-corrected chi connectivity index (χ4v) is 4.26. The summed E-state index contributed by atoms with van der Waals surface area (Å²) >= 11 is 0. The van der Waals surface area contributed by atoms with Crippen molar-refractivity contribution in [2.75, 3.05) is 13.9 Å². The fraction of sp³-hybridized carbons (Fsp3) is 0.409. The number of hydrogen-bond donors (Lipinski definition) is 1. The van der Waals surface area contributed by atoms with Crippen LogP contribution >= 0.6 is 0 Å². The van der Waals surface area contributed by atoms with E-state index in [1.807, 2.05) is 13.0 Å². The van der Waals surface area contributed by atoms with Gasteiger partial charge in [0.25, 0.3) is 0 Å². The second-order valence-corrected chi connectivity index (χ2v) is 7.61. The van der Waals surface area contributed by atoms with E-state index in [2.05, 4.69) is 0 Å². The molecule has 154 valence electrons. The monoisotopic (exact) mass is 402 g/mol. The van der Waals surface area contributed by atoms with Crippen molar-refractivity contribution >= 4 is 5.78 Å². The van der Waals surface area contributed by atoms with Gasteiger partial charge >= 0.3 is 0 Å². The minimum atomic E-state index is -0.826. The average Bonchev–Trinajstić information content (AvgIpc) is 3.35. The van der Waals surface area contributed by atoms with Crippen LogP contribution in [0.3, 0.4) is 0 Å². The molecule has 29 heavy (non-hydrogen) atoms. The molecule has 0 saturated carbocycles. The number of aromatic hydroxyl groups is 1. The normalized spacial score (nSPS) is 24.6. The zero-order valence-corrected chi connectivity index (χ0v) is 16.3. The summed E-state index contributed by atoms with van der Waals surface area (Å²) in [5.41, 5.74) is -0.479. The molecular weight excluding hydrogens is 379 g/mol. The number of halogens is 1. The fourth-order valence-electron chi connectivity index (χ4n) is 4.26. The minimum absolute atomic E-state index is 0.0296. The van der Waals surface area contributed by atoms with Crippen molar-refractivity contribution in [1.29, 1.82) is 0 Å². The van der Waals surface area contributed by atoms with Crippen LogP contribution in [0, 0.1) is 17.7 Å². The van der Waals surface area contributed by atoms with Crippen molar-refractivity contribution in [2.24, 2.45) is 11.8 Å². The summed E-state index contributed by atoms with van der Waals surface area (Å²) < 4.78 is 36.5. The van der Waals surface area contributed by atoms with Crippen molar-refractivity contribution in [3.8, 4) is 11.5 Å². The number of hydrogen-bond acceptors (Lipinski definition) is 6. The Morgan fingerprint density at radius 3 is 2.97 bits per heavy atom. The van der Waals surface area contributed by atoms with E-state index in [1.165, 1.54) is 25.3 Å². The molecule has 1 aliphatic carbocycles. The Kier molecular flexibility index (Phi) is 5.08. The minimum Gasteiger partial charge on any atom is -0.504 e. The first-order chi connectivity index (χ1) is 13.9. The van der Waals surface area contributed by atoms with Crippen molar-refractivity contribution in [2.45, 2.75) is 31.8 Å². The molecule has 1 fully saturated rings. The SMILES string of the molecule is COc1cc(F)c(CC(C)[C@]23C[C@H](Cc4ccco4)C(=O)C=C2OCO3)cc1O. The van der Waals surface area contributed by atoms with Crippen LogP contribution in [0.5, 0.6) is 11.5 Å². The number of ether oxygens (including phenoxy) is 3. The largest absolute Gasteiger partial charge is 0.504 e. The van der Waals surface area contributed by atoms with E-state index in [0.29, 0.717) is 30.6 Å². The molecule has 2 heterocycles. The van der Waals surface area contributed by atoms with Gasteiger partial charge in [-0.3, -0.25) is 4.79 Å². The highest BCUT2D eigenvalue weighted by Crippen LogP contribution is 2.46. The van der Waals surface area contributed by atoms with Gasteiger partial charge in [0.05, 0.1) is 13.4 Å². The number of rotatable bonds is 6. The molecule has 1 saturated heterocycles. The lowest BCUT2D eigenvalue weighted by molar-refractivity contribution is -0.123. The van der Waals surface area contributed by atoms with Gasteiger partial charge < -0.3 is 23.7 Å². The number of carbonyl (C=O) groups is 1. The molecule has 1 aliphatic heterocycles. The number of methoxy groups -OCH3 is 1. The predicted molar refractivity (Wildman–Crippen MR) is 101 cm³/mol. The van der Waals surface area contributed by atoms with E-state index in [4.69, 9.17) is 18.6 Å². The van der Waals surface area contributed by atoms with Gasteiger partial charge in [-0.2, -0.15) is 0 Å². The van der Waals surface area contributed by atoms with Gasteiger partial charge in [-0.1, -0.05) is 6.92 Å². The second kappa shape index (κ2) is 7.55. The number of allylic oxidation sites excluding steroid dienone is 1. The van der Waals surface area contributed by atoms with Crippen LogP contribution in [-0.4, -0.2) is 30.4 Å². The van der Waals surface area contributed by atoms with E-state index in [-0.39, 0.29) is 35.9 Å². The number of benzene rings is 1. The van der Waals surface area contributed by atoms with Crippen molar-refractivity contribution in [3.63, 3.8) is 0 Å². The molecule has 1 aromatic carbocycles. The number of carbonyl (C=O) groups excluding carboxylic acids is 1. The molecule has 6 nitrogen and oxygen atoms in total. The highest BCUT2D eigenvalue weighted by Gasteiger charge is 2.52. The Morgan fingerprint density at radius 1 is 1.41 bits per heavy atom. The smallest absolute Gasteiger partial charge is 0.189 e. The van der Waals surface area contributed by atoms with Gasteiger partial charge in [0.15, 0.2) is 24.1 Å².